The lowest BCUT2D eigenvalue weighted by Crippen LogP contribution is -1.94. The summed E-state index contributed by atoms with van der Waals surface area (Å²) in [5, 5.41) is 0. The maximum Gasteiger partial charge on any atom is 0.113 e. The normalized spacial score (nSPS) is 15.4. The molecule has 1 aliphatic carbocycles. The Morgan fingerprint density at radius 3 is 2.86 bits per heavy atom. The fourth-order valence-corrected chi connectivity index (χ4v) is 1.58. The van der Waals surface area contributed by atoms with Crippen molar-refractivity contribution in [3.05, 3.63) is 53.6 Å². The van der Waals surface area contributed by atoms with E-state index in [0.717, 1.165) is 18.6 Å². The van der Waals surface area contributed by atoms with Gasteiger partial charge in [-0.3, -0.25) is 0 Å². The van der Waals surface area contributed by atoms with Crippen molar-refractivity contribution in [2.24, 2.45) is 0 Å². The van der Waals surface area contributed by atoms with Gasteiger partial charge in [0, 0.05) is 6.42 Å². The van der Waals surface area contributed by atoms with Crippen LogP contribution in [0.2, 0.25) is 0 Å². The van der Waals surface area contributed by atoms with Gasteiger partial charge >= 0.3 is 0 Å². The highest BCUT2D eigenvalue weighted by molar-refractivity contribution is 5.25. The van der Waals surface area contributed by atoms with Crippen LogP contribution in [0, 0.1) is 13.3 Å². The summed E-state index contributed by atoms with van der Waals surface area (Å²) in [4.78, 5) is 0. The van der Waals surface area contributed by atoms with Gasteiger partial charge in [-0.1, -0.05) is 24.3 Å². The Labute approximate surface area is 85.4 Å². The summed E-state index contributed by atoms with van der Waals surface area (Å²) >= 11 is 0. The van der Waals surface area contributed by atoms with Crippen LogP contribution in [0.1, 0.15) is 24.0 Å². The molecule has 0 fully saturated rings. The summed E-state index contributed by atoms with van der Waals surface area (Å²) in [5.41, 5.74) is 2.58. The highest BCUT2D eigenvalue weighted by atomic mass is 16.5. The molecule has 0 spiro atoms. The lowest BCUT2D eigenvalue weighted by Gasteiger charge is -2.08. The molecule has 0 saturated heterocycles. The van der Waals surface area contributed by atoms with Crippen LogP contribution < -0.4 is 0 Å². The molecule has 1 nitrogen and oxygen atoms in total. The van der Waals surface area contributed by atoms with Gasteiger partial charge in [0.25, 0.3) is 0 Å². The molecule has 1 aromatic carbocycles. The van der Waals surface area contributed by atoms with Crippen molar-refractivity contribution in [1.29, 1.82) is 0 Å². The van der Waals surface area contributed by atoms with E-state index in [9.17, 15) is 0 Å². The Balaban J connectivity index is 1.94. The first-order chi connectivity index (χ1) is 6.86. The van der Waals surface area contributed by atoms with Gasteiger partial charge in [-0.05, 0) is 37.0 Å². The predicted molar refractivity (Wildman–Crippen MR) is 57.6 cm³/mol. The molecule has 0 bridgehead atoms. The van der Waals surface area contributed by atoms with E-state index in [1.54, 1.807) is 0 Å². The number of rotatable bonds is 3. The largest absolute Gasteiger partial charge is 0.494 e. The Morgan fingerprint density at radius 1 is 1.29 bits per heavy atom. The molecule has 0 heterocycles. The quantitative estimate of drug-likeness (QED) is 0.704. The van der Waals surface area contributed by atoms with E-state index >= 15 is 0 Å². The molecule has 0 N–H and O–H groups in total. The summed E-state index contributed by atoms with van der Waals surface area (Å²) < 4.78 is 5.70. The summed E-state index contributed by atoms with van der Waals surface area (Å²) in [6.45, 7) is 2.82. The molecule has 1 radical (unpaired) electrons. The second-order valence-electron chi connectivity index (χ2n) is 3.61. The first kappa shape index (κ1) is 9.32. The summed E-state index contributed by atoms with van der Waals surface area (Å²) in [7, 11) is 0. The van der Waals surface area contributed by atoms with Gasteiger partial charge in [0.2, 0.25) is 0 Å². The van der Waals surface area contributed by atoms with E-state index in [-0.39, 0.29) is 0 Å². The smallest absolute Gasteiger partial charge is 0.113 e. The highest BCUT2D eigenvalue weighted by Crippen LogP contribution is 2.19. The lowest BCUT2D eigenvalue weighted by atomic mass is 10.1. The molecular formula is C13H15O. The number of allylic oxidation sites excluding steroid dienone is 2. The van der Waals surface area contributed by atoms with Crippen molar-refractivity contribution < 1.29 is 4.74 Å². The van der Waals surface area contributed by atoms with Gasteiger partial charge in [-0.2, -0.15) is 0 Å². The summed E-state index contributed by atoms with van der Waals surface area (Å²) in [6.07, 6.45) is 6.43. The highest BCUT2D eigenvalue weighted by Gasteiger charge is 2.06. The molecule has 14 heavy (non-hydrogen) atoms. The Hall–Kier alpha value is -1.24. The van der Waals surface area contributed by atoms with Gasteiger partial charge in [-0.25, -0.2) is 0 Å². The second-order valence-corrected chi connectivity index (χ2v) is 3.61. The van der Waals surface area contributed by atoms with Crippen LogP contribution in [-0.4, -0.2) is 0 Å². The van der Waals surface area contributed by atoms with Crippen molar-refractivity contribution in [3.63, 3.8) is 0 Å². The lowest BCUT2D eigenvalue weighted by molar-refractivity contribution is 0.195. The summed E-state index contributed by atoms with van der Waals surface area (Å²) in [6, 6.07) is 8.35. The molecule has 1 heteroatoms. The minimum Gasteiger partial charge on any atom is -0.494 e. The third-order valence-electron chi connectivity index (χ3n) is 2.53. The minimum absolute atomic E-state index is 0.701. The van der Waals surface area contributed by atoms with Crippen LogP contribution in [0.25, 0.3) is 0 Å². The average molecular weight is 187 g/mol. The average Bonchev–Trinajstić information content (AvgIpc) is 2.69. The third kappa shape index (κ3) is 2.16. The number of aryl methyl sites for hydroxylation is 1. The maximum atomic E-state index is 5.70. The van der Waals surface area contributed by atoms with Crippen LogP contribution in [-0.2, 0) is 11.3 Å². The van der Waals surface area contributed by atoms with Crippen LogP contribution >= 0.6 is 0 Å². The van der Waals surface area contributed by atoms with Crippen LogP contribution in [0.5, 0.6) is 0 Å². The molecule has 73 valence electrons. The fourth-order valence-electron chi connectivity index (χ4n) is 1.58. The van der Waals surface area contributed by atoms with Gasteiger partial charge < -0.3 is 4.74 Å². The standard InChI is InChI=1S/C13H15O/c1-11-6-2-3-7-12(11)10-14-13-8-4-5-9-13/h2-4,6-7,9H,5,8,10H2,1H3. The van der Waals surface area contributed by atoms with E-state index in [1.807, 2.05) is 0 Å². The molecule has 1 aliphatic rings. The van der Waals surface area contributed by atoms with E-state index in [4.69, 9.17) is 4.74 Å². The van der Waals surface area contributed by atoms with Gasteiger partial charge in [0.05, 0.1) is 5.76 Å². The number of benzene rings is 1. The zero-order valence-electron chi connectivity index (χ0n) is 8.49. The Bertz CT molecular complexity index is 339. The number of ether oxygens (including phenoxy) is 1. The van der Waals surface area contributed by atoms with Crippen LogP contribution in [0.4, 0.5) is 0 Å². The van der Waals surface area contributed by atoms with E-state index in [0.29, 0.717) is 6.61 Å². The first-order valence-electron chi connectivity index (χ1n) is 5.04. The fraction of sp³-hybridized carbons (Fsp3) is 0.308. The third-order valence-corrected chi connectivity index (χ3v) is 2.53. The molecule has 1 aromatic rings. The minimum atomic E-state index is 0.701. The van der Waals surface area contributed by atoms with Gasteiger partial charge in [0.1, 0.15) is 6.61 Å². The summed E-state index contributed by atoms with van der Waals surface area (Å²) in [5.74, 6) is 1.12. The van der Waals surface area contributed by atoms with E-state index < -0.39 is 0 Å². The SMILES string of the molecule is Cc1ccccc1COC1=CC[CH]C1. The molecule has 0 aromatic heterocycles. The van der Waals surface area contributed by atoms with Crippen molar-refractivity contribution in [1.82, 2.24) is 0 Å². The van der Waals surface area contributed by atoms with E-state index in [1.165, 1.54) is 11.1 Å². The molecule has 0 amide bonds. The van der Waals surface area contributed by atoms with Crippen molar-refractivity contribution >= 4 is 0 Å². The number of hydrogen-bond donors (Lipinski definition) is 0. The van der Waals surface area contributed by atoms with Crippen molar-refractivity contribution in [2.75, 3.05) is 0 Å². The second kappa shape index (κ2) is 4.32. The van der Waals surface area contributed by atoms with Crippen molar-refractivity contribution in [3.8, 4) is 0 Å². The first-order valence-corrected chi connectivity index (χ1v) is 5.04. The number of hydrogen-bond acceptors (Lipinski definition) is 1. The van der Waals surface area contributed by atoms with Crippen LogP contribution in [0.15, 0.2) is 36.1 Å². The zero-order chi connectivity index (χ0) is 9.80. The van der Waals surface area contributed by atoms with Crippen LogP contribution in [0.3, 0.4) is 0 Å². The molecule has 0 atom stereocenters. The Kier molecular flexibility index (Phi) is 2.87. The molecule has 0 saturated carbocycles. The molecular weight excluding hydrogens is 172 g/mol. The zero-order valence-corrected chi connectivity index (χ0v) is 8.49. The van der Waals surface area contributed by atoms with Gasteiger partial charge in [0.15, 0.2) is 0 Å². The van der Waals surface area contributed by atoms with E-state index in [2.05, 4.69) is 43.7 Å². The topological polar surface area (TPSA) is 9.23 Å². The molecule has 0 aliphatic heterocycles. The predicted octanol–water partition coefficient (Wildman–Crippen LogP) is 3.39. The monoisotopic (exact) mass is 187 g/mol. The molecule has 2 rings (SSSR count). The Morgan fingerprint density at radius 2 is 2.14 bits per heavy atom. The van der Waals surface area contributed by atoms with Crippen molar-refractivity contribution in [2.45, 2.75) is 26.4 Å². The molecule has 0 unspecified atom stereocenters. The maximum absolute atomic E-state index is 5.70. The van der Waals surface area contributed by atoms with Gasteiger partial charge in [-0.15, -0.1) is 0 Å².